The summed E-state index contributed by atoms with van der Waals surface area (Å²) in [7, 11) is 1.29. The largest absolute Gasteiger partial charge is 0.370 e. The molecule has 1 aromatic carbocycles. The van der Waals surface area contributed by atoms with Crippen LogP contribution in [0.3, 0.4) is 0 Å². The number of halogens is 1. The highest BCUT2D eigenvalue weighted by atomic mass is 19.1. The van der Waals surface area contributed by atoms with Crippen molar-refractivity contribution in [1.29, 1.82) is 0 Å². The zero-order valence-corrected chi connectivity index (χ0v) is 9.55. The van der Waals surface area contributed by atoms with Crippen molar-refractivity contribution in [3.8, 4) is 0 Å². The quantitative estimate of drug-likeness (QED) is 0.594. The molecule has 0 saturated carbocycles. The second-order valence-corrected chi connectivity index (χ2v) is 3.37. The highest BCUT2D eigenvalue weighted by Gasteiger charge is 2.18. The number of nitrogens with two attached hydrogens (primary N) is 1. The Morgan fingerprint density at radius 1 is 1.67 bits per heavy atom. The van der Waals surface area contributed by atoms with E-state index >= 15 is 0 Å². The normalized spacial score (nSPS) is 11.9. The minimum absolute atomic E-state index is 0.0586. The van der Waals surface area contributed by atoms with Crippen LogP contribution in [-0.2, 0) is 9.53 Å². The minimum atomic E-state index is -0.903. The number of carbonyl (C=O) groups excluding carboxylic acids is 1. The summed E-state index contributed by atoms with van der Waals surface area (Å²) in [6.07, 6.45) is -0.903. The smallest absolute Gasteiger partial charge is 0.272 e. The topological polar surface area (TPSA) is 107 Å². The van der Waals surface area contributed by atoms with Crippen LogP contribution in [0.1, 0.15) is 0 Å². The Morgan fingerprint density at radius 3 is 2.78 bits per heavy atom. The van der Waals surface area contributed by atoms with E-state index in [-0.39, 0.29) is 12.2 Å². The third-order valence-electron chi connectivity index (χ3n) is 2.21. The molecule has 18 heavy (non-hydrogen) atoms. The molecule has 1 atom stereocenters. The molecule has 0 aliphatic rings. The fourth-order valence-electron chi connectivity index (χ4n) is 1.24. The van der Waals surface area contributed by atoms with Gasteiger partial charge in [0.2, 0.25) is 0 Å². The van der Waals surface area contributed by atoms with Gasteiger partial charge in [-0.15, -0.1) is 0 Å². The molecular formula is C10H12FN3O4. The van der Waals surface area contributed by atoms with E-state index in [1.807, 2.05) is 0 Å². The van der Waals surface area contributed by atoms with Crippen LogP contribution in [-0.4, -0.2) is 30.6 Å². The van der Waals surface area contributed by atoms with Crippen molar-refractivity contribution in [2.75, 3.05) is 19.0 Å². The maximum Gasteiger partial charge on any atom is 0.272 e. The lowest BCUT2D eigenvalue weighted by molar-refractivity contribution is -0.385. The predicted molar refractivity (Wildman–Crippen MR) is 61.5 cm³/mol. The Balaban J connectivity index is 2.86. The fourth-order valence-corrected chi connectivity index (χ4v) is 1.24. The number of benzene rings is 1. The maximum atomic E-state index is 13.5. The van der Waals surface area contributed by atoms with Gasteiger partial charge in [0.15, 0.2) is 5.82 Å². The lowest BCUT2D eigenvalue weighted by Gasteiger charge is -2.13. The summed E-state index contributed by atoms with van der Waals surface area (Å²) in [5, 5.41) is 12.6. The second-order valence-electron chi connectivity index (χ2n) is 3.37. The van der Waals surface area contributed by atoms with Crippen LogP contribution in [0.15, 0.2) is 18.2 Å². The molecule has 0 aliphatic carbocycles. The molecule has 1 amide bonds. The van der Waals surface area contributed by atoms with Crippen molar-refractivity contribution < 1.29 is 18.8 Å². The van der Waals surface area contributed by atoms with Gasteiger partial charge in [-0.25, -0.2) is 4.39 Å². The van der Waals surface area contributed by atoms with Crippen molar-refractivity contribution in [3.05, 3.63) is 34.1 Å². The molecule has 0 heterocycles. The average Bonchev–Trinajstić information content (AvgIpc) is 2.33. The molecule has 0 radical (unpaired) electrons. The number of nitrogens with zero attached hydrogens (tertiary/aromatic N) is 1. The number of rotatable bonds is 5. The molecule has 8 heteroatoms. The summed E-state index contributed by atoms with van der Waals surface area (Å²) >= 11 is 0. The Kier molecular flexibility index (Phi) is 4.69. The van der Waals surface area contributed by atoms with Crippen molar-refractivity contribution in [3.63, 3.8) is 0 Å². The Bertz CT molecular complexity index is 462. The number of hydrogen-bond acceptors (Lipinski definition) is 5. The lowest BCUT2D eigenvalue weighted by Crippen LogP contribution is -2.36. The van der Waals surface area contributed by atoms with Crippen molar-refractivity contribution >= 4 is 17.3 Å². The molecular weight excluding hydrogens is 245 g/mol. The van der Waals surface area contributed by atoms with Gasteiger partial charge >= 0.3 is 0 Å². The summed E-state index contributed by atoms with van der Waals surface area (Å²) in [5.41, 5.74) is 4.71. The first-order valence-electron chi connectivity index (χ1n) is 4.97. The van der Waals surface area contributed by atoms with Crippen LogP contribution in [0.5, 0.6) is 0 Å². The third kappa shape index (κ3) is 3.22. The third-order valence-corrected chi connectivity index (χ3v) is 2.21. The molecule has 1 rings (SSSR count). The number of nitrogens with one attached hydrogen (secondary N) is 1. The molecule has 7 nitrogen and oxygen atoms in total. The fraction of sp³-hybridized carbons (Fsp3) is 0.300. The number of hydrogen-bond donors (Lipinski definition) is 2. The van der Waals surface area contributed by atoms with Crippen molar-refractivity contribution in [2.45, 2.75) is 6.10 Å². The molecule has 0 bridgehead atoms. The lowest BCUT2D eigenvalue weighted by atomic mass is 10.2. The zero-order chi connectivity index (χ0) is 13.7. The number of nitro groups is 1. The van der Waals surface area contributed by atoms with Crippen molar-refractivity contribution in [2.24, 2.45) is 5.73 Å². The van der Waals surface area contributed by atoms with Gasteiger partial charge in [-0.3, -0.25) is 14.9 Å². The summed E-state index contributed by atoms with van der Waals surface area (Å²) < 4.78 is 18.2. The number of nitro benzene ring substituents is 1. The maximum absolute atomic E-state index is 13.5. The minimum Gasteiger partial charge on any atom is -0.370 e. The van der Waals surface area contributed by atoms with Gasteiger partial charge in [0.1, 0.15) is 6.10 Å². The molecule has 0 aliphatic heterocycles. The first-order chi connectivity index (χ1) is 8.49. The highest BCUT2D eigenvalue weighted by molar-refractivity contribution is 5.94. The van der Waals surface area contributed by atoms with Gasteiger partial charge in [0, 0.05) is 19.7 Å². The molecule has 0 fully saturated rings. The number of ether oxygens (including phenoxy) is 1. The summed E-state index contributed by atoms with van der Waals surface area (Å²) in [4.78, 5) is 21.2. The summed E-state index contributed by atoms with van der Waals surface area (Å²) in [5.74, 6) is -1.52. The molecule has 0 saturated heterocycles. The number of amides is 1. The number of carbonyl (C=O) groups is 1. The first kappa shape index (κ1) is 14.0. The standard InChI is InChI=1S/C10H12FN3O4/c1-18-9(5-12)10(15)13-8-3-2-6(14(16)17)4-7(8)11/h2-4,9H,5,12H2,1H3,(H,13,15). The molecule has 0 spiro atoms. The van der Waals surface area contributed by atoms with E-state index in [4.69, 9.17) is 10.5 Å². The molecule has 98 valence electrons. The monoisotopic (exact) mass is 257 g/mol. The average molecular weight is 257 g/mol. The zero-order valence-electron chi connectivity index (χ0n) is 9.55. The molecule has 0 aromatic heterocycles. The van der Waals surface area contributed by atoms with Gasteiger partial charge < -0.3 is 15.8 Å². The Labute approximate surface area is 102 Å². The van der Waals surface area contributed by atoms with Gasteiger partial charge in [-0.2, -0.15) is 0 Å². The number of anilines is 1. The Hall–Kier alpha value is -2.06. The van der Waals surface area contributed by atoms with E-state index < -0.39 is 28.4 Å². The van der Waals surface area contributed by atoms with Gasteiger partial charge in [0.05, 0.1) is 16.7 Å². The van der Waals surface area contributed by atoms with Crippen molar-refractivity contribution in [1.82, 2.24) is 0 Å². The van der Waals surface area contributed by atoms with E-state index in [0.29, 0.717) is 0 Å². The van der Waals surface area contributed by atoms with E-state index in [1.54, 1.807) is 0 Å². The Morgan fingerprint density at radius 2 is 2.33 bits per heavy atom. The van der Waals surface area contributed by atoms with E-state index in [0.717, 1.165) is 18.2 Å². The summed E-state index contributed by atoms with van der Waals surface area (Å²) in [6.45, 7) is -0.0586. The number of methoxy groups -OCH3 is 1. The van der Waals surface area contributed by atoms with Crippen LogP contribution in [0.4, 0.5) is 15.8 Å². The van der Waals surface area contributed by atoms with Crippen LogP contribution in [0.25, 0.3) is 0 Å². The summed E-state index contributed by atoms with van der Waals surface area (Å²) in [6, 6.07) is 2.91. The van der Waals surface area contributed by atoms with Crippen LogP contribution < -0.4 is 11.1 Å². The molecule has 1 aromatic rings. The van der Waals surface area contributed by atoms with Crippen LogP contribution >= 0.6 is 0 Å². The van der Waals surface area contributed by atoms with Gasteiger partial charge in [-0.1, -0.05) is 0 Å². The highest BCUT2D eigenvalue weighted by Crippen LogP contribution is 2.20. The van der Waals surface area contributed by atoms with E-state index in [9.17, 15) is 19.3 Å². The van der Waals surface area contributed by atoms with E-state index in [2.05, 4.69) is 5.32 Å². The first-order valence-corrected chi connectivity index (χ1v) is 4.97. The van der Waals surface area contributed by atoms with Crippen LogP contribution in [0, 0.1) is 15.9 Å². The predicted octanol–water partition coefficient (Wildman–Crippen LogP) is 0.646. The SMILES string of the molecule is COC(CN)C(=O)Nc1ccc([N+](=O)[O-])cc1F. The molecule has 3 N–H and O–H groups in total. The van der Waals surface area contributed by atoms with Gasteiger partial charge in [-0.05, 0) is 6.07 Å². The van der Waals surface area contributed by atoms with Gasteiger partial charge in [0.25, 0.3) is 11.6 Å². The van der Waals surface area contributed by atoms with E-state index in [1.165, 1.54) is 7.11 Å². The van der Waals surface area contributed by atoms with Crippen LogP contribution in [0.2, 0.25) is 0 Å². The second kappa shape index (κ2) is 6.03. The number of non-ortho nitro benzene ring substituents is 1. The molecule has 1 unspecified atom stereocenters.